The van der Waals surface area contributed by atoms with Gasteiger partial charge in [-0.2, -0.15) is 5.10 Å². The number of nitrogens with zero attached hydrogens (tertiary/aromatic N) is 5. The van der Waals surface area contributed by atoms with Gasteiger partial charge in [0.1, 0.15) is 11.6 Å². The molecule has 0 saturated carbocycles. The Hall–Kier alpha value is -2.60. The Labute approximate surface area is 148 Å². The Balaban J connectivity index is 1.80. The van der Waals surface area contributed by atoms with Crippen molar-refractivity contribution in [1.29, 1.82) is 0 Å². The highest BCUT2D eigenvalue weighted by Crippen LogP contribution is 2.26. The van der Waals surface area contributed by atoms with E-state index in [0.29, 0.717) is 6.61 Å². The zero-order chi connectivity index (χ0) is 17.8. The molecule has 25 heavy (non-hydrogen) atoms. The molecule has 132 valence electrons. The van der Waals surface area contributed by atoms with Crippen LogP contribution in [0.4, 0.5) is 0 Å². The van der Waals surface area contributed by atoms with Crippen LogP contribution in [0.5, 0.6) is 5.75 Å². The first-order valence-electron chi connectivity index (χ1n) is 8.46. The molecule has 2 heterocycles. The average molecular weight is 339 g/mol. The molecule has 0 amide bonds. The van der Waals surface area contributed by atoms with E-state index < -0.39 is 0 Å². The summed E-state index contributed by atoms with van der Waals surface area (Å²) in [4.78, 5) is 6.70. The van der Waals surface area contributed by atoms with Gasteiger partial charge in [-0.05, 0) is 39.6 Å². The van der Waals surface area contributed by atoms with Gasteiger partial charge in [-0.1, -0.05) is 12.1 Å². The van der Waals surface area contributed by atoms with Gasteiger partial charge >= 0.3 is 0 Å². The second-order valence-electron chi connectivity index (χ2n) is 6.39. The molecule has 0 spiro atoms. The van der Waals surface area contributed by atoms with Gasteiger partial charge in [0.05, 0.1) is 24.2 Å². The van der Waals surface area contributed by atoms with Crippen molar-refractivity contribution in [2.45, 2.75) is 13.3 Å². The molecule has 0 fully saturated rings. The normalized spacial score (nSPS) is 11.2. The topological polar surface area (TPSA) is 48.1 Å². The largest absolute Gasteiger partial charge is 0.494 e. The lowest BCUT2D eigenvalue weighted by Gasteiger charge is -2.12. The second kappa shape index (κ2) is 7.53. The Bertz CT molecular complexity index is 834. The molecule has 0 saturated heterocycles. The van der Waals surface area contributed by atoms with Crippen LogP contribution in [0.15, 0.2) is 42.9 Å². The van der Waals surface area contributed by atoms with Crippen LogP contribution in [0.25, 0.3) is 17.1 Å². The van der Waals surface area contributed by atoms with Crippen LogP contribution >= 0.6 is 0 Å². The van der Waals surface area contributed by atoms with Gasteiger partial charge in [0, 0.05) is 31.5 Å². The molecule has 0 aliphatic rings. The Morgan fingerprint density at radius 3 is 2.80 bits per heavy atom. The maximum atomic E-state index is 5.89. The standard InChI is InChI=1S/C19H25N5O/c1-15-18(14-21-23(15)4)24-11-9-20-19(24)16-7-5-8-17(13-16)25-12-6-10-22(2)3/h5,7-9,11,13-14H,6,10,12H2,1-4H3. The van der Waals surface area contributed by atoms with Crippen LogP contribution in [0, 0.1) is 6.92 Å². The summed E-state index contributed by atoms with van der Waals surface area (Å²) >= 11 is 0. The van der Waals surface area contributed by atoms with Gasteiger partial charge < -0.3 is 9.64 Å². The van der Waals surface area contributed by atoms with E-state index in [1.165, 1.54) is 0 Å². The SMILES string of the molecule is Cc1c(-n2ccnc2-c2cccc(OCCCN(C)C)c2)cnn1C. The Morgan fingerprint density at radius 1 is 1.24 bits per heavy atom. The lowest BCUT2D eigenvalue weighted by atomic mass is 10.2. The zero-order valence-electron chi connectivity index (χ0n) is 15.3. The average Bonchev–Trinajstić information content (AvgIpc) is 3.19. The van der Waals surface area contributed by atoms with E-state index in [4.69, 9.17) is 4.74 Å². The van der Waals surface area contributed by atoms with Crippen molar-refractivity contribution in [1.82, 2.24) is 24.2 Å². The lowest BCUT2D eigenvalue weighted by molar-refractivity contribution is 0.281. The fourth-order valence-electron chi connectivity index (χ4n) is 2.73. The number of hydrogen-bond acceptors (Lipinski definition) is 4. The monoisotopic (exact) mass is 339 g/mol. The predicted octanol–water partition coefficient (Wildman–Crippen LogP) is 2.91. The number of aryl methyl sites for hydroxylation is 1. The molecule has 3 rings (SSSR count). The summed E-state index contributed by atoms with van der Waals surface area (Å²) in [5.41, 5.74) is 3.15. The van der Waals surface area contributed by atoms with E-state index in [0.717, 1.165) is 41.5 Å². The number of rotatable bonds is 7. The van der Waals surface area contributed by atoms with Crippen molar-refractivity contribution in [3.8, 4) is 22.8 Å². The number of aromatic nitrogens is 4. The smallest absolute Gasteiger partial charge is 0.144 e. The predicted molar refractivity (Wildman–Crippen MR) is 99.2 cm³/mol. The number of hydrogen-bond donors (Lipinski definition) is 0. The third-order valence-electron chi connectivity index (χ3n) is 4.22. The Kier molecular flexibility index (Phi) is 5.19. The van der Waals surface area contributed by atoms with Gasteiger partial charge in [-0.15, -0.1) is 0 Å². The van der Waals surface area contributed by atoms with Gasteiger partial charge in [-0.25, -0.2) is 4.98 Å². The van der Waals surface area contributed by atoms with E-state index in [1.54, 1.807) is 0 Å². The second-order valence-corrected chi connectivity index (χ2v) is 6.39. The molecule has 0 atom stereocenters. The third kappa shape index (κ3) is 3.91. The fourth-order valence-corrected chi connectivity index (χ4v) is 2.73. The van der Waals surface area contributed by atoms with Gasteiger partial charge in [-0.3, -0.25) is 9.25 Å². The van der Waals surface area contributed by atoms with Gasteiger partial charge in [0.2, 0.25) is 0 Å². The van der Waals surface area contributed by atoms with Crippen LogP contribution in [0.3, 0.4) is 0 Å². The van der Waals surface area contributed by atoms with Crippen LogP contribution in [0.2, 0.25) is 0 Å². The number of imidazole rings is 1. The van der Waals surface area contributed by atoms with E-state index in [2.05, 4.69) is 46.6 Å². The summed E-state index contributed by atoms with van der Waals surface area (Å²) < 4.78 is 9.82. The molecule has 0 N–H and O–H groups in total. The Morgan fingerprint density at radius 2 is 2.08 bits per heavy atom. The van der Waals surface area contributed by atoms with E-state index in [9.17, 15) is 0 Å². The quantitative estimate of drug-likeness (QED) is 0.621. The lowest BCUT2D eigenvalue weighted by Crippen LogP contribution is -2.15. The van der Waals surface area contributed by atoms with Crippen LogP contribution < -0.4 is 4.74 Å². The van der Waals surface area contributed by atoms with E-state index >= 15 is 0 Å². The summed E-state index contributed by atoms with van der Waals surface area (Å²) in [5, 5.41) is 4.33. The van der Waals surface area contributed by atoms with Crippen molar-refractivity contribution in [3.05, 3.63) is 48.5 Å². The van der Waals surface area contributed by atoms with Crippen molar-refractivity contribution < 1.29 is 4.74 Å². The summed E-state index contributed by atoms with van der Waals surface area (Å²) in [5.74, 6) is 1.75. The highest BCUT2D eigenvalue weighted by Gasteiger charge is 2.12. The first-order valence-corrected chi connectivity index (χ1v) is 8.46. The number of benzene rings is 1. The zero-order valence-corrected chi connectivity index (χ0v) is 15.3. The maximum absolute atomic E-state index is 5.89. The van der Waals surface area contributed by atoms with Crippen LogP contribution in [-0.2, 0) is 7.05 Å². The van der Waals surface area contributed by atoms with Gasteiger partial charge in [0.25, 0.3) is 0 Å². The molecular weight excluding hydrogens is 314 g/mol. The van der Waals surface area contributed by atoms with Crippen LogP contribution in [0.1, 0.15) is 12.1 Å². The molecule has 6 heteroatoms. The minimum atomic E-state index is 0.706. The first-order chi connectivity index (χ1) is 12.1. The van der Waals surface area contributed by atoms with E-state index in [1.807, 2.05) is 48.5 Å². The summed E-state index contributed by atoms with van der Waals surface area (Å²) in [6, 6.07) is 8.09. The summed E-state index contributed by atoms with van der Waals surface area (Å²) in [6.07, 6.45) is 6.64. The van der Waals surface area contributed by atoms with Gasteiger partial charge in [0.15, 0.2) is 0 Å². The molecule has 2 aromatic heterocycles. The highest BCUT2D eigenvalue weighted by atomic mass is 16.5. The van der Waals surface area contributed by atoms with Crippen molar-refractivity contribution in [2.75, 3.05) is 27.2 Å². The molecule has 0 radical (unpaired) electrons. The molecule has 0 aliphatic heterocycles. The molecular formula is C19H25N5O. The van der Waals surface area contributed by atoms with Crippen LogP contribution in [-0.4, -0.2) is 51.5 Å². The van der Waals surface area contributed by atoms with Crippen molar-refractivity contribution >= 4 is 0 Å². The van der Waals surface area contributed by atoms with Crippen molar-refractivity contribution in [2.24, 2.45) is 7.05 Å². The minimum absolute atomic E-state index is 0.706. The molecule has 6 nitrogen and oxygen atoms in total. The molecule has 1 aromatic carbocycles. The molecule has 0 unspecified atom stereocenters. The summed E-state index contributed by atoms with van der Waals surface area (Å²) in [6.45, 7) is 3.78. The first kappa shape index (κ1) is 17.2. The minimum Gasteiger partial charge on any atom is -0.494 e. The summed E-state index contributed by atoms with van der Waals surface area (Å²) in [7, 11) is 6.08. The molecule has 0 aliphatic carbocycles. The van der Waals surface area contributed by atoms with Crippen molar-refractivity contribution in [3.63, 3.8) is 0 Å². The number of ether oxygens (including phenoxy) is 1. The van der Waals surface area contributed by atoms with E-state index in [-0.39, 0.29) is 0 Å². The molecule has 0 bridgehead atoms. The fraction of sp³-hybridized carbons (Fsp3) is 0.368. The maximum Gasteiger partial charge on any atom is 0.144 e. The molecule has 3 aromatic rings. The third-order valence-corrected chi connectivity index (χ3v) is 4.22. The highest BCUT2D eigenvalue weighted by molar-refractivity contribution is 5.61.